The molecule has 3 rings (SSSR count). The van der Waals surface area contributed by atoms with E-state index < -0.39 is 0 Å². The van der Waals surface area contributed by atoms with Crippen LogP contribution in [0.5, 0.6) is 11.5 Å². The molecule has 5 heteroatoms. The largest absolute Gasteiger partial charge is 0.457 e. The number of benzene rings is 2. The number of guanidine groups is 1. The van der Waals surface area contributed by atoms with Crippen LogP contribution >= 0.6 is 11.8 Å². The monoisotopic (exact) mass is 327 g/mol. The van der Waals surface area contributed by atoms with Crippen LogP contribution in [0.2, 0.25) is 0 Å². The van der Waals surface area contributed by atoms with Gasteiger partial charge in [0.15, 0.2) is 5.96 Å². The first-order valence-electron chi connectivity index (χ1n) is 7.81. The number of anilines is 1. The molecule has 0 radical (unpaired) electrons. The maximum atomic E-state index is 5.98. The molecule has 1 aliphatic heterocycles. The summed E-state index contributed by atoms with van der Waals surface area (Å²) < 4.78 is 5.82. The fourth-order valence-electron chi connectivity index (χ4n) is 2.44. The van der Waals surface area contributed by atoms with E-state index in [2.05, 4.69) is 10.3 Å². The number of hydrogen-bond donors (Lipinski definition) is 2. The number of rotatable bonds is 5. The third-order valence-corrected chi connectivity index (χ3v) is 4.96. The van der Waals surface area contributed by atoms with Gasteiger partial charge >= 0.3 is 0 Å². The molecular weight excluding hydrogens is 306 g/mol. The Morgan fingerprint density at radius 3 is 2.78 bits per heavy atom. The maximum absolute atomic E-state index is 5.98. The molecule has 1 aliphatic rings. The van der Waals surface area contributed by atoms with Crippen LogP contribution < -0.4 is 15.8 Å². The molecule has 0 bridgehead atoms. The summed E-state index contributed by atoms with van der Waals surface area (Å²) in [4.78, 5) is 4.44. The molecule has 1 saturated heterocycles. The first-order chi connectivity index (χ1) is 11.3. The fourth-order valence-corrected chi connectivity index (χ4v) is 3.62. The van der Waals surface area contributed by atoms with Gasteiger partial charge in [-0.1, -0.05) is 24.3 Å². The number of nitrogens with one attached hydrogen (secondary N) is 1. The Bertz CT molecular complexity index is 654. The lowest BCUT2D eigenvalue weighted by Crippen LogP contribution is -2.24. The second-order valence-corrected chi connectivity index (χ2v) is 6.84. The van der Waals surface area contributed by atoms with Crippen molar-refractivity contribution in [3.63, 3.8) is 0 Å². The first-order valence-corrected chi connectivity index (χ1v) is 8.86. The van der Waals surface area contributed by atoms with Gasteiger partial charge in [0.25, 0.3) is 0 Å². The molecule has 4 nitrogen and oxygen atoms in total. The Morgan fingerprint density at radius 1 is 1.17 bits per heavy atom. The molecule has 1 fully saturated rings. The third kappa shape index (κ3) is 4.93. The Labute approximate surface area is 141 Å². The van der Waals surface area contributed by atoms with E-state index in [0.29, 0.717) is 11.2 Å². The van der Waals surface area contributed by atoms with E-state index in [9.17, 15) is 0 Å². The molecule has 1 atom stereocenters. The molecule has 1 heterocycles. The van der Waals surface area contributed by atoms with Crippen LogP contribution in [0.3, 0.4) is 0 Å². The summed E-state index contributed by atoms with van der Waals surface area (Å²) in [6.45, 7) is 0.781. The van der Waals surface area contributed by atoms with E-state index in [1.807, 2.05) is 66.4 Å². The highest BCUT2D eigenvalue weighted by Gasteiger charge is 2.14. The van der Waals surface area contributed by atoms with Crippen LogP contribution in [0.4, 0.5) is 5.69 Å². The smallest absolute Gasteiger partial charge is 0.193 e. The van der Waals surface area contributed by atoms with Crippen LogP contribution in [0.25, 0.3) is 0 Å². The lowest BCUT2D eigenvalue weighted by atomic mass is 10.2. The van der Waals surface area contributed by atoms with Gasteiger partial charge in [-0.05, 0) is 42.9 Å². The molecule has 2 aromatic rings. The summed E-state index contributed by atoms with van der Waals surface area (Å²) in [7, 11) is 0. The number of hydrogen-bond acceptors (Lipinski definition) is 3. The van der Waals surface area contributed by atoms with E-state index in [-0.39, 0.29) is 0 Å². The Balaban J connectivity index is 1.59. The number of thioether (sulfide) groups is 1. The molecule has 0 spiro atoms. The SMILES string of the molecule is NC(=NCC1CCCS1)Nc1cccc(Oc2ccccc2)c1. The minimum atomic E-state index is 0.453. The number of aliphatic imine (C=N–C) groups is 1. The predicted molar refractivity (Wildman–Crippen MR) is 98.6 cm³/mol. The number of para-hydroxylation sites is 1. The molecule has 120 valence electrons. The predicted octanol–water partition coefficient (Wildman–Crippen LogP) is 4.10. The normalized spacial score (nSPS) is 17.9. The molecule has 2 aromatic carbocycles. The minimum absolute atomic E-state index is 0.453. The van der Waals surface area contributed by atoms with Gasteiger partial charge in [-0.2, -0.15) is 11.8 Å². The number of nitrogens with zero attached hydrogens (tertiary/aromatic N) is 1. The first kappa shape index (κ1) is 15.7. The van der Waals surface area contributed by atoms with Crippen LogP contribution in [0, 0.1) is 0 Å². The van der Waals surface area contributed by atoms with Gasteiger partial charge in [-0.25, -0.2) is 0 Å². The van der Waals surface area contributed by atoms with Crippen molar-refractivity contribution in [2.45, 2.75) is 18.1 Å². The lowest BCUT2D eigenvalue weighted by Gasteiger charge is -2.10. The fraction of sp³-hybridized carbons (Fsp3) is 0.278. The zero-order valence-corrected chi connectivity index (χ0v) is 13.8. The molecule has 0 amide bonds. The summed E-state index contributed by atoms with van der Waals surface area (Å²) >= 11 is 1.98. The second kappa shape index (κ2) is 7.92. The molecule has 3 N–H and O–H groups in total. The van der Waals surface area contributed by atoms with Crippen molar-refractivity contribution in [2.24, 2.45) is 10.7 Å². The van der Waals surface area contributed by atoms with E-state index in [1.165, 1.54) is 18.6 Å². The second-order valence-electron chi connectivity index (χ2n) is 5.43. The van der Waals surface area contributed by atoms with Crippen molar-refractivity contribution >= 4 is 23.4 Å². The summed E-state index contributed by atoms with van der Waals surface area (Å²) in [5.41, 5.74) is 6.85. The standard InChI is InChI=1S/C18H21N3OS/c19-18(20-13-17-10-5-11-23-17)21-14-6-4-9-16(12-14)22-15-7-2-1-3-8-15/h1-4,6-9,12,17H,5,10-11,13H2,(H3,19,20,21). The van der Waals surface area contributed by atoms with Gasteiger partial charge in [0.2, 0.25) is 0 Å². The van der Waals surface area contributed by atoms with Crippen molar-refractivity contribution in [1.29, 1.82) is 0 Å². The van der Waals surface area contributed by atoms with E-state index in [0.717, 1.165) is 23.7 Å². The van der Waals surface area contributed by atoms with E-state index in [4.69, 9.17) is 10.5 Å². The maximum Gasteiger partial charge on any atom is 0.193 e. The molecule has 1 unspecified atom stereocenters. The third-order valence-electron chi connectivity index (χ3n) is 3.57. The highest BCUT2D eigenvalue weighted by Crippen LogP contribution is 2.26. The molecular formula is C18H21N3OS. The lowest BCUT2D eigenvalue weighted by molar-refractivity contribution is 0.483. The van der Waals surface area contributed by atoms with Crippen LogP contribution in [-0.4, -0.2) is 23.5 Å². The topological polar surface area (TPSA) is 59.6 Å². The van der Waals surface area contributed by atoms with Gasteiger partial charge < -0.3 is 15.8 Å². The average Bonchev–Trinajstić information content (AvgIpc) is 3.08. The molecule has 0 saturated carbocycles. The average molecular weight is 327 g/mol. The van der Waals surface area contributed by atoms with E-state index in [1.54, 1.807) is 0 Å². The summed E-state index contributed by atoms with van der Waals surface area (Å²) in [5, 5.41) is 3.74. The van der Waals surface area contributed by atoms with Gasteiger partial charge in [-0.3, -0.25) is 4.99 Å². The van der Waals surface area contributed by atoms with Crippen molar-refractivity contribution in [3.8, 4) is 11.5 Å². The summed E-state index contributed by atoms with van der Waals surface area (Å²) in [5.74, 6) is 3.27. The van der Waals surface area contributed by atoms with Crippen molar-refractivity contribution in [1.82, 2.24) is 0 Å². The number of ether oxygens (including phenoxy) is 1. The molecule has 23 heavy (non-hydrogen) atoms. The quantitative estimate of drug-likeness (QED) is 0.641. The summed E-state index contributed by atoms with van der Waals surface area (Å²) in [6.07, 6.45) is 2.53. The van der Waals surface area contributed by atoms with Crippen molar-refractivity contribution in [3.05, 3.63) is 54.6 Å². The highest BCUT2D eigenvalue weighted by atomic mass is 32.2. The highest BCUT2D eigenvalue weighted by molar-refractivity contribution is 8.00. The van der Waals surface area contributed by atoms with Gasteiger partial charge in [0.05, 0.1) is 6.54 Å². The number of nitrogens with two attached hydrogens (primary N) is 1. The zero-order valence-electron chi connectivity index (χ0n) is 12.9. The van der Waals surface area contributed by atoms with Crippen LogP contribution in [-0.2, 0) is 0 Å². The summed E-state index contributed by atoms with van der Waals surface area (Å²) in [6, 6.07) is 17.4. The Kier molecular flexibility index (Phi) is 5.42. The molecule has 0 aliphatic carbocycles. The van der Waals surface area contributed by atoms with E-state index >= 15 is 0 Å². The van der Waals surface area contributed by atoms with Crippen LogP contribution in [0.1, 0.15) is 12.8 Å². The Hall–Kier alpha value is -2.14. The minimum Gasteiger partial charge on any atom is -0.457 e. The van der Waals surface area contributed by atoms with Crippen molar-refractivity contribution in [2.75, 3.05) is 17.6 Å². The van der Waals surface area contributed by atoms with Crippen molar-refractivity contribution < 1.29 is 4.74 Å². The Morgan fingerprint density at radius 2 is 2.00 bits per heavy atom. The van der Waals surface area contributed by atoms with Gasteiger partial charge in [0, 0.05) is 17.0 Å². The zero-order chi connectivity index (χ0) is 15.9. The van der Waals surface area contributed by atoms with Crippen LogP contribution in [0.15, 0.2) is 59.6 Å². The molecule has 0 aromatic heterocycles. The van der Waals surface area contributed by atoms with Gasteiger partial charge in [-0.15, -0.1) is 0 Å². The van der Waals surface area contributed by atoms with Gasteiger partial charge in [0.1, 0.15) is 11.5 Å².